The standard InChI is InChI=1S/C22H22N6O7S2.BH2O2/c1-22(2,20(33)34)35-26-13(12-10-37-21(23)24-12)16(29)25-14-17(30)28-15(19(31)32)11(9-36-18(14)28)8-27-6-4-3-5-7-27;2-1-3/h3-7,10,14,18H,8-9H2,1-2H3,(H4-,23,24,25,29,31,32,33,34);2-3H/b26-13-;/t14-,18-;/m1./s1. The zero-order valence-corrected chi connectivity index (χ0v) is 22.7. The number of nitrogens with zero attached hydrogens (tertiary/aromatic N) is 4. The normalized spacial score (nSPS) is 18.6. The van der Waals surface area contributed by atoms with E-state index in [0.29, 0.717) is 11.3 Å². The van der Waals surface area contributed by atoms with Crippen molar-refractivity contribution >= 4 is 65.4 Å². The average molecular weight is 591 g/mol. The van der Waals surface area contributed by atoms with Crippen LogP contribution in [0.4, 0.5) is 5.13 Å². The first-order valence-corrected chi connectivity index (χ1v) is 13.3. The van der Waals surface area contributed by atoms with Crippen molar-refractivity contribution in [2.75, 3.05) is 11.5 Å². The van der Waals surface area contributed by atoms with Crippen LogP contribution < -0.4 is 20.7 Å². The van der Waals surface area contributed by atoms with Crippen LogP contribution in [0, 0.1) is 0 Å². The molecule has 0 aromatic carbocycles. The van der Waals surface area contributed by atoms with Crippen LogP contribution in [0.5, 0.6) is 0 Å². The van der Waals surface area contributed by atoms with Gasteiger partial charge in [0, 0.05) is 28.8 Å². The first-order chi connectivity index (χ1) is 18.9. The molecule has 2 amide bonds. The van der Waals surface area contributed by atoms with E-state index in [0.717, 1.165) is 16.2 Å². The van der Waals surface area contributed by atoms with Gasteiger partial charge in [0.05, 0.1) is 11.7 Å². The number of carboxylic acid groups (broad SMARTS) is 2. The Bertz CT molecular complexity index is 1350. The highest BCUT2D eigenvalue weighted by molar-refractivity contribution is 8.00. The maximum absolute atomic E-state index is 13.1. The molecule has 0 aliphatic carbocycles. The molecule has 4 rings (SSSR count). The lowest BCUT2D eigenvalue weighted by atomic mass is 10.0. The largest absolute Gasteiger partial charge is 0.543 e. The van der Waals surface area contributed by atoms with Crippen LogP contribution in [0.15, 0.2) is 52.4 Å². The number of anilines is 1. The Morgan fingerprint density at radius 3 is 2.52 bits per heavy atom. The topological polar surface area (TPSA) is 232 Å². The second-order valence-corrected chi connectivity index (χ2v) is 10.7. The minimum Gasteiger partial charge on any atom is -0.543 e. The number of pyridine rings is 1. The molecule has 2 atom stereocenters. The van der Waals surface area contributed by atoms with E-state index in [-0.39, 0.29) is 36.5 Å². The van der Waals surface area contributed by atoms with Crippen molar-refractivity contribution in [3.63, 3.8) is 0 Å². The summed E-state index contributed by atoms with van der Waals surface area (Å²) in [5.74, 6) is -4.01. The molecular weight excluding hydrogens is 567 g/mol. The maximum atomic E-state index is 13.1. The number of amides is 2. The Morgan fingerprint density at radius 2 is 1.98 bits per heavy atom. The Kier molecular flexibility index (Phi) is 9.85. The highest BCUT2D eigenvalue weighted by Gasteiger charge is 2.53. The maximum Gasteiger partial charge on any atom is 0.482 e. The number of nitrogens with one attached hydrogen (secondary N) is 1. The second-order valence-electron chi connectivity index (χ2n) is 8.68. The van der Waals surface area contributed by atoms with Gasteiger partial charge >= 0.3 is 13.7 Å². The number of hydrogen-bond acceptors (Lipinski definition) is 13. The molecule has 1 fully saturated rings. The predicted octanol–water partition coefficient (Wildman–Crippen LogP) is -2.79. The third-order valence-corrected chi connectivity index (χ3v) is 7.55. The minimum absolute atomic E-state index is 0. The van der Waals surface area contributed by atoms with Gasteiger partial charge in [-0.05, 0) is 13.8 Å². The fourth-order valence-corrected chi connectivity index (χ4v) is 5.45. The molecule has 211 valence electrons. The SMILES string of the molecule is CC(C)(O/N=C(\C(=O)N[C@@H]1C(=O)N2C(C(=O)[O-])=C(C[n+]3ccccc3)CS[C@H]12)c1csc(N)n1)C(=O)O.O[B]O. The van der Waals surface area contributed by atoms with Gasteiger partial charge in [-0.1, -0.05) is 11.2 Å². The summed E-state index contributed by atoms with van der Waals surface area (Å²) in [6.07, 6.45) is 3.55. The van der Waals surface area contributed by atoms with Crippen LogP contribution >= 0.6 is 23.1 Å². The predicted molar refractivity (Wildman–Crippen MR) is 140 cm³/mol. The Morgan fingerprint density at radius 1 is 1.32 bits per heavy atom. The first-order valence-electron chi connectivity index (χ1n) is 11.3. The van der Waals surface area contributed by atoms with Crippen LogP contribution in [-0.2, 0) is 30.6 Å². The molecule has 2 aromatic rings. The molecule has 2 aliphatic rings. The molecule has 40 heavy (non-hydrogen) atoms. The van der Waals surface area contributed by atoms with Crippen molar-refractivity contribution < 1.29 is 48.8 Å². The number of carbonyl (C=O) groups excluding carboxylic acids is 3. The summed E-state index contributed by atoms with van der Waals surface area (Å²) >= 11 is 2.32. The van der Waals surface area contributed by atoms with E-state index in [4.69, 9.17) is 20.6 Å². The van der Waals surface area contributed by atoms with Gasteiger partial charge in [-0.15, -0.1) is 23.1 Å². The molecule has 2 aromatic heterocycles. The minimum atomic E-state index is -1.75. The summed E-state index contributed by atoms with van der Waals surface area (Å²) in [6, 6.07) is 4.36. The van der Waals surface area contributed by atoms with Gasteiger partial charge < -0.3 is 40.9 Å². The molecule has 0 spiro atoms. The average Bonchev–Trinajstić information content (AvgIpc) is 3.33. The molecule has 1 radical (unpaired) electrons. The number of thioether (sulfide) groups is 1. The molecule has 0 bridgehead atoms. The fraction of sp³-hybridized carbons (Fsp3) is 0.318. The van der Waals surface area contributed by atoms with Crippen LogP contribution in [0.2, 0.25) is 0 Å². The third-order valence-electron chi connectivity index (χ3n) is 5.54. The lowest BCUT2D eigenvalue weighted by Crippen LogP contribution is -2.71. The molecule has 6 N–H and O–H groups in total. The number of aliphatic carboxylic acids is 2. The summed E-state index contributed by atoms with van der Waals surface area (Å²) < 4.78 is 1.78. The molecule has 18 heteroatoms. The van der Waals surface area contributed by atoms with E-state index in [2.05, 4.69) is 15.5 Å². The zero-order chi connectivity index (χ0) is 29.6. The van der Waals surface area contributed by atoms with E-state index in [1.165, 1.54) is 31.0 Å². The number of oxime groups is 1. The summed E-state index contributed by atoms with van der Waals surface area (Å²) in [4.78, 5) is 59.6. The first kappa shape index (κ1) is 30.5. The van der Waals surface area contributed by atoms with Crippen molar-refractivity contribution in [1.82, 2.24) is 15.2 Å². The van der Waals surface area contributed by atoms with Crippen molar-refractivity contribution in [3.8, 4) is 0 Å². The summed E-state index contributed by atoms with van der Waals surface area (Å²) in [5.41, 5.74) is 3.83. The lowest BCUT2D eigenvalue weighted by molar-refractivity contribution is -0.689. The van der Waals surface area contributed by atoms with E-state index in [1.54, 1.807) is 29.1 Å². The lowest BCUT2D eigenvalue weighted by Gasteiger charge is -2.50. The molecule has 0 unspecified atom stereocenters. The van der Waals surface area contributed by atoms with Crippen LogP contribution in [0.1, 0.15) is 19.5 Å². The number of hydrogen-bond donors (Lipinski definition) is 5. The highest BCUT2D eigenvalue weighted by Crippen LogP contribution is 2.40. The van der Waals surface area contributed by atoms with Gasteiger partial charge in [0.25, 0.3) is 11.8 Å². The Labute approximate surface area is 236 Å². The number of carboxylic acids is 2. The highest BCUT2D eigenvalue weighted by atomic mass is 32.2. The molecule has 4 heterocycles. The van der Waals surface area contributed by atoms with Crippen LogP contribution in [0.25, 0.3) is 0 Å². The number of nitrogens with two attached hydrogens (primary N) is 1. The van der Waals surface area contributed by atoms with Gasteiger partial charge in [0.15, 0.2) is 29.8 Å². The number of β-lactam (4-membered cyclic amide) rings is 1. The number of thiazole rings is 1. The number of nitrogen functional groups attached to an aromatic ring is 1. The van der Waals surface area contributed by atoms with E-state index in [1.807, 2.05) is 6.07 Å². The molecule has 2 aliphatic heterocycles. The third kappa shape index (κ3) is 6.76. The van der Waals surface area contributed by atoms with Gasteiger partial charge in [-0.25, -0.2) is 14.3 Å². The smallest absolute Gasteiger partial charge is 0.482 e. The number of fused-ring (bicyclic) bond motifs is 1. The molecular formula is C22H24BN6O9S2. The molecule has 1 saturated heterocycles. The van der Waals surface area contributed by atoms with Crippen molar-refractivity contribution in [3.05, 3.63) is 52.9 Å². The van der Waals surface area contributed by atoms with E-state index >= 15 is 0 Å². The van der Waals surface area contributed by atoms with Gasteiger partial charge in [-0.2, -0.15) is 0 Å². The van der Waals surface area contributed by atoms with Crippen molar-refractivity contribution in [1.29, 1.82) is 0 Å². The number of rotatable bonds is 9. The van der Waals surface area contributed by atoms with Gasteiger partial charge in [0.2, 0.25) is 5.60 Å². The van der Waals surface area contributed by atoms with Gasteiger partial charge in [0.1, 0.15) is 17.1 Å². The van der Waals surface area contributed by atoms with Crippen molar-refractivity contribution in [2.45, 2.75) is 37.4 Å². The van der Waals surface area contributed by atoms with Crippen LogP contribution in [-0.4, -0.2) is 85.0 Å². The summed E-state index contributed by atoms with van der Waals surface area (Å²) in [5, 5.41) is 42.4. The monoisotopic (exact) mass is 591 g/mol. The molecule has 15 nitrogen and oxygen atoms in total. The van der Waals surface area contributed by atoms with E-state index in [9.17, 15) is 29.4 Å². The fourth-order valence-electron chi connectivity index (χ4n) is 3.56. The Hall–Kier alpha value is -4.00. The molecule has 0 saturated carbocycles. The van der Waals surface area contributed by atoms with E-state index < -0.39 is 40.8 Å². The second kappa shape index (κ2) is 12.9. The summed E-state index contributed by atoms with van der Waals surface area (Å²) in [7, 11) is 0. The van der Waals surface area contributed by atoms with Crippen LogP contribution in [0.3, 0.4) is 0 Å². The quantitative estimate of drug-likeness (QED) is 0.0655. The summed E-state index contributed by atoms with van der Waals surface area (Å²) in [6.45, 7) is 2.74. The number of aromatic nitrogens is 2. The Balaban J connectivity index is 0.00000141. The van der Waals surface area contributed by atoms with Gasteiger partial charge in [-0.3, -0.25) is 14.5 Å². The van der Waals surface area contributed by atoms with Crippen molar-refractivity contribution in [2.24, 2.45) is 5.16 Å². The number of carbonyl (C=O) groups is 4. The zero-order valence-electron chi connectivity index (χ0n) is 21.1.